The summed E-state index contributed by atoms with van der Waals surface area (Å²) < 4.78 is 2.31. The van der Waals surface area contributed by atoms with Crippen LogP contribution in [-0.4, -0.2) is 38.4 Å². The molecular formula is C29H30N4O. The molecule has 2 aromatic heterocycles. The van der Waals surface area contributed by atoms with Crippen molar-refractivity contribution in [1.29, 1.82) is 0 Å². The van der Waals surface area contributed by atoms with Crippen molar-refractivity contribution in [2.75, 3.05) is 13.1 Å². The van der Waals surface area contributed by atoms with Gasteiger partial charge in [0.05, 0.1) is 5.52 Å². The smallest absolute Gasteiger partial charge is 0.225 e. The van der Waals surface area contributed by atoms with Gasteiger partial charge in [-0.15, -0.1) is 0 Å². The number of rotatable bonds is 5. The van der Waals surface area contributed by atoms with E-state index in [4.69, 9.17) is 4.98 Å². The van der Waals surface area contributed by atoms with E-state index in [0.717, 1.165) is 61.4 Å². The van der Waals surface area contributed by atoms with Crippen LogP contribution in [-0.2, 0) is 11.3 Å². The Morgan fingerprint density at radius 2 is 1.79 bits per heavy atom. The normalized spacial score (nSPS) is 18.1. The van der Waals surface area contributed by atoms with Gasteiger partial charge in [0, 0.05) is 37.3 Å². The van der Waals surface area contributed by atoms with Gasteiger partial charge in [-0.05, 0) is 67.9 Å². The Balaban J connectivity index is 1.31. The molecule has 5 nitrogen and oxygen atoms in total. The number of likely N-dealkylation sites (tertiary alicyclic amines) is 1. The monoisotopic (exact) mass is 450 g/mol. The molecule has 0 spiro atoms. The number of imidazole rings is 1. The highest BCUT2D eigenvalue weighted by Gasteiger charge is 2.36. The van der Waals surface area contributed by atoms with E-state index in [2.05, 4.69) is 76.8 Å². The molecule has 1 aliphatic carbocycles. The largest absolute Gasteiger partial charge is 0.342 e. The zero-order valence-electron chi connectivity index (χ0n) is 19.9. The van der Waals surface area contributed by atoms with Gasteiger partial charge < -0.3 is 9.47 Å². The first-order chi connectivity index (χ1) is 16.6. The Bertz CT molecular complexity index is 1370. The molecule has 1 atom stereocenters. The summed E-state index contributed by atoms with van der Waals surface area (Å²) >= 11 is 0. The first kappa shape index (κ1) is 21.1. The van der Waals surface area contributed by atoms with Crippen LogP contribution in [0, 0.1) is 25.7 Å². The van der Waals surface area contributed by atoms with Crippen LogP contribution in [0.2, 0.25) is 0 Å². The molecule has 1 amide bonds. The maximum absolute atomic E-state index is 12.5. The molecule has 5 heteroatoms. The summed E-state index contributed by atoms with van der Waals surface area (Å²) in [6.45, 7) is 6.87. The Morgan fingerprint density at radius 1 is 1.00 bits per heavy atom. The predicted octanol–water partition coefficient (Wildman–Crippen LogP) is 5.64. The molecule has 3 heterocycles. The van der Waals surface area contributed by atoms with Crippen LogP contribution in [0.5, 0.6) is 0 Å². The van der Waals surface area contributed by atoms with E-state index in [1.54, 1.807) is 6.20 Å². The summed E-state index contributed by atoms with van der Waals surface area (Å²) in [6, 6.07) is 19.4. The zero-order chi connectivity index (χ0) is 23.2. The fraction of sp³-hybridized carbons (Fsp3) is 0.345. The van der Waals surface area contributed by atoms with Crippen LogP contribution in [0.15, 0.2) is 60.8 Å². The number of aromatic nitrogens is 3. The van der Waals surface area contributed by atoms with E-state index < -0.39 is 0 Å². The SMILES string of the molecule is Cc1ccc(-c2ccc(-c3nc4ncccc4n3C[C@@H]3CCN(C(=O)C4CC4)C3)cc2)c(C)c1. The van der Waals surface area contributed by atoms with Crippen molar-refractivity contribution in [3.05, 3.63) is 71.9 Å². The standard InChI is InChI=1S/C29H30N4O/c1-19-5-12-25(20(2)16-19)22-6-8-23(9-7-22)28-31-27-26(4-3-14-30-27)33(28)18-21-13-15-32(17-21)29(34)24-10-11-24/h3-9,12,14,16,21,24H,10-11,13,15,17-18H2,1-2H3/t21-/m1/s1. The predicted molar refractivity (Wildman–Crippen MR) is 135 cm³/mol. The van der Waals surface area contributed by atoms with E-state index in [1.165, 1.54) is 22.3 Å². The summed E-state index contributed by atoms with van der Waals surface area (Å²) in [5.74, 6) is 2.05. The van der Waals surface area contributed by atoms with Gasteiger partial charge in [0.2, 0.25) is 5.91 Å². The Hall–Kier alpha value is -3.47. The van der Waals surface area contributed by atoms with Gasteiger partial charge >= 0.3 is 0 Å². The first-order valence-electron chi connectivity index (χ1n) is 12.3. The molecule has 1 aliphatic heterocycles. The molecule has 0 radical (unpaired) electrons. The Kier molecular flexibility index (Phi) is 5.20. The van der Waals surface area contributed by atoms with Gasteiger partial charge in [-0.1, -0.05) is 48.0 Å². The molecule has 0 N–H and O–H groups in total. The number of carbonyl (C=O) groups excluding carboxylic acids is 1. The summed E-state index contributed by atoms with van der Waals surface area (Å²) in [7, 11) is 0. The van der Waals surface area contributed by atoms with E-state index in [9.17, 15) is 4.79 Å². The van der Waals surface area contributed by atoms with Gasteiger partial charge in [0.25, 0.3) is 0 Å². The molecular weight excluding hydrogens is 420 g/mol. The minimum atomic E-state index is 0.295. The maximum atomic E-state index is 12.5. The maximum Gasteiger partial charge on any atom is 0.225 e. The molecule has 1 saturated carbocycles. The molecule has 4 aromatic rings. The summed E-state index contributed by atoms with van der Waals surface area (Å²) in [5, 5.41) is 0. The van der Waals surface area contributed by atoms with Crippen molar-refractivity contribution in [3.8, 4) is 22.5 Å². The molecule has 2 fully saturated rings. The van der Waals surface area contributed by atoms with Crippen LogP contribution < -0.4 is 0 Å². The van der Waals surface area contributed by atoms with E-state index in [0.29, 0.717) is 17.7 Å². The van der Waals surface area contributed by atoms with Crippen molar-refractivity contribution in [1.82, 2.24) is 19.4 Å². The number of amides is 1. The van der Waals surface area contributed by atoms with Crippen LogP contribution in [0.1, 0.15) is 30.4 Å². The van der Waals surface area contributed by atoms with Gasteiger partial charge in [-0.3, -0.25) is 4.79 Å². The summed E-state index contributed by atoms with van der Waals surface area (Å²) in [4.78, 5) is 24.1. The second-order valence-electron chi connectivity index (χ2n) is 10.0. The van der Waals surface area contributed by atoms with E-state index in [-0.39, 0.29) is 0 Å². The van der Waals surface area contributed by atoms with Crippen molar-refractivity contribution in [2.45, 2.75) is 39.7 Å². The molecule has 172 valence electrons. The number of hydrogen-bond donors (Lipinski definition) is 0. The van der Waals surface area contributed by atoms with Crippen molar-refractivity contribution in [2.24, 2.45) is 11.8 Å². The lowest BCUT2D eigenvalue weighted by atomic mass is 9.98. The van der Waals surface area contributed by atoms with Crippen LogP contribution in [0.3, 0.4) is 0 Å². The highest BCUT2D eigenvalue weighted by atomic mass is 16.2. The van der Waals surface area contributed by atoms with Crippen molar-refractivity contribution >= 4 is 17.1 Å². The van der Waals surface area contributed by atoms with Crippen LogP contribution in [0.25, 0.3) is 33.7 Å². The molecule has 6 rings (SSSR count). The lowest BCUT2D eigenvalue weighted by Gasteiger charge is -2.18. The lowest BCUT2D eigenvalue weighted by Crippen LogP contribution is -2.30. The second kappa shape index (κ2) is 8.39. The lowest BCUT2D eigenvalue weighted by molar-refractivity contribution is -0.131. The van der Waals surface area contributed by atoms with Gasteiger partial charge in [-0.25, -0.2) is 9.97 Å². The van der Waals surface area contributed by atoms with Gasteiger partial charge in [0.1, 0.15) is 5.82 Å². The number of fused-ring (bicyclic) bond motifs is 1. The molecule has 0 unspecified atom stereocenters. The van der Waals surface area contributed by atoms with Crippen LogP contribution >= 0.6 is 0 Å². The summed E-state index contributed by atoms with van der Waals surface area (Å²) in [5.41, 5.74) is 7.98. The highest BCUT2D eigenvalue weighted by Crippen LogP contribution is 2.34. The number of hydrogen-bond acceptors (Lipinski definition) is 3. The fourth-order valence-electron chi connectivity index (χ4n) is 5.33. The zero-order valence-corrected chi connectivity index (χ0v) is 19.9. The molecule has 2 aromatic carbocycles. The number of carbonyl (C=O) groups is 1. The average Bonchev–Trinajstić information content (AvgIpc) is 3.49. The van der Waals surface area contributed by atoms with Gasteiger partial charge in [0.15, 0.2) is 5.65 Å². The fourth-order valence-corrected chi connectivity index (χ4v) is 5.33. The Labute approximate surface area is 200 Å². The quantitative estimate of drug-likeness (QED) is 0.395. The third-order valence-electron chi connectivity index (χ3n) is 7.33. The topological polar surface area (TPSA) is 51.0 Å². The number of nitrogens with zero attached hydrogens (tertiary/aromatic N) is 4. The number of pyridine rings is 1. The minimum absolute atomic E-state index is 0.295. The van der Waals surface area contributed by atoms with E-state index in [1.807, 2.05) is 6.07 Å². The minimum Gasteiger partial charge on any atom is -0.342 e. The first-order valence-corrected chi connectivity index (χ1v) is 12.3. The van der Waals surface area contributed by atoms with Gasteiger partial charge in [-0.2, -0.15) is 0 Å². The van der Waals surface area contributed by atoms with E-state index >= 15 is 0 Å². The number of benzene rings is 2. The average molecular weight is 451 g/mol. The van der Waals surface area contributed by atoms with Crippen LogP contribution in [0.4, 0.5) is 0 Å². The second-order valence-corrected chi connectivity index (χ2v) is 10.0. The Morgan fingerprint density at radius 3 is 2.56 bits per heavy atom. The third-order valence-corrected chi connectivity index (χ3v) is 7.33. The molecule has 34 heavy (non-hydrogen) atoms. The number of aryl methyl sites for hydroxylation is 2. The highest BCUT2D eigenvalue weighted by molar-refractivity contribution is 5.81. The molecule has 0 bridgehead atoms. The third kappa shape index (κ3) is 3.89. The molecule has 2 aliphatic rings. The summed E-state index contributed by atoms with van der Waals surface area (Å²) in [6.07, 6.45) is 4.99. The van der Waals surface area contributed by atoms with Crippen molar-refractivity contribution < 1.29 is 4.79 Å². The molecule has 1 saturated heterocycles. The van der Waals surface area contributed by atoms with Crippen molar-refractivity contribution in [3.63, 3.8) is 0 Å².